The first-order chi connectivity index (χ1) is 14.6. The molecule has 6 nitrogen and oxygen atoms in total. The van der Waals surface area contributed by atoms with E-state index in [1.807, 2.05) is 66.9 Å². The van der Waals surface area contributed by atoms with Crippen molar-refractivity contribution in [2.24, 2.45) is 0 Å². The van der Waals surface area contributed by atoms with E-state index in [2.05, 4.69) is 15.4 Å². The van der Waals surface area contributed by atoms with E-state index < -0.39 is 0 Å². The molecule has 5 rings (SSSR count). The molecule has 0 saturated carbocycles. The van der Waals surface area contributed by atoms with Crippen molar-refractivity contribution >= 4 is 55.3 Å². The Hall–Kier alpha value is -3.36. The molecular weight excluding hydrogens is 416 g/mol. The van der Waals surface area contributed by atoms with E-state index in [1.165, 1.54) is 27.4 Å². The van der Waals surface area contributed by atoms with Crippen LogP contribution in [0, 0.1) is 6.92 Å². The Morgan fingerprint density at radius 3 is 2.77 bits per heavy atom. The van der Waals surface area contributed by atoms with Crippen LogP contribution in [0.1, 0.15) is 5.01 Å². The number of aryl methyl sites for hydroxylation is 1. The van der Waals surface area contributed by atoms with Gasteiger partial charge in [0, 0.05) is 11.1 Å². The average molecular weight is 433 g/mol. The molecule has 0 atom stereocenters. The van der Waals surface area contributed by atoms with Crippen LogP contribution in [0.25, 0.3) is 31.6 Å². The maximum atomic E-state index is 12.9. The lowest BCUT2D eigenvalue weighted by Gasteiger charge is -2.10. The lowest BCUT2D eigenvalue weighted by atomic mass is 10.1. The van der Waals surface area contributed by atoms with Crippen LogP contribution in [-0.4, -0.2) is 20.7 Å². The van der Waals surface area contributed by atoms with Crippen LogP contribution in [0.15, 0.2) is 64.8 Å². The molecule has 0 bridgehead atoms. The Morgan fingerprint density at radius 1 is 1.10 bits per heavy atom. The summed E-state index contributed by atoms with van der Waals surface area (Å²) >= 11 is 2.98. The summed E-state index contributed by atoms with van der Waals surface area (Å²) in [5, 5.41) is 12.2. The largest absolute Gasteiger partial charge is 0.324 e. The molecule has 2 aromatic carbocycles. The highest BCUT2D eigenvalue weighted by atomic mass is 32.1. The van der Waals surface area contributed by atoms with E-state index in [1.54, 1.807) is 0 Å². The van der Waals surface area contributed by atoms with Crippen LogP contribution in [-0.2, 0) is 11.3 Å². The van der Waals surface area contributed by atoms with E-state index >= 15 is 0 Å². The van der Waals surface area contributed by atoms with Gasteiger partial charge in [0.15, 0.2) is 5.52 Å². The number of rotatable bonds is 4. The fraction of sp³-hybridized carbons (Fsp3) is 0.0909. The van der Waals surface area contributed by atoms with Gasteiger partial charge in [-0.3, -0.25) is 9.59 Å². The topological polar surface area (TPSA) is 76.9 Å². The second-order valence-electron chi connectivity index (χ2n) is 6.77. The monoisotopic (exact) mass is 432 g/mol. The van der Waals surface area contributed by atoms with Crippen molar-refractivity contribution in [3.05, 3.63) is 75.3 Å². The van der Waals surface area contributed by atoms with Crippen molar-refractivity contribution in [1.82, 2.24) is 14.8 Å². The van der Waals surface area contributed by atoms with Crippen LogP contribution in [0.2, 0.25) is 0 Å². The third kappa shape index (κ3) is 3.30. The second kappa shape index (κ2) is 7.47. The first-order valence-corrected chi connectivity index (χ1v) is 11.0. The number of thiophene rings is 1. The molecule has 1 amide bonds. The van der Waals surface area contributed by atoms with Crippen LogP contribution >= 0.6 is 22.7 Å². The Kier molecular flexibility index (Phi) is 4.65. The van der Waals surface area contributed by atoms with Gasteiger partial charge in [-0.15, -0.1) is 22.7 Å². The predicted molar refractivity (Wildman–Crippen MR) is 122 cm³/mol. The molecular formula is C22H16N4O2S2. The van der Waals surface area contributed by atoms with Crippen LogP contribution < -0.4 is 10.9 Å². The van der Waals surface area contributed by atoms with Crippen molar-refractivity contribution in [3.63, 3.8) is 0 Å². The first-order valence-electron chi connectivity index (χ1n) is 9.30. The number of hydrogen-bond donors (Lipinski definition) is 1. The molecule has 8 heteroatoms. The van der Waals surface area contributed by atoms with Gasteiger partial charge in [-0.25, -0.2) is 9.67 Å². The molecule has 3 aromatic heterocycles. The van der Waals surface area contributed by atoms with E-state index in [9.17, 15) is 9.59 Å². The van der Waals surface area contributed by atoms with Gasteiger partial charge in [0.25, 0.3) is 5.56 Å². The number of nitrogens with zero attached hydrogens (tertiary/aromatic N) is 3. The minimum absolute atomic E-state index is 0.188. The summed E-state index contributed by atoms with van der Waals surface area (Å²) in [5.41, 5.74) is 1.38. The van der Waals surface area contributed by atoms with Gasteiger partial charge in [-0.1, -0.05) is 42.5 Å². The summed E-state index contributed by atoms with van der Waals surface area (Å²) in [6, 6.07) is 17.4. The molecule has 30 heavy (non-hydrogen) atoms. The van der Waals surface area contributed by atoms with Gasteiger partial charge >= 0.3 is 0 Å². The maximum Gasteiger partial charge on any atom is 0.294 e. The number of anilines is 1. The quantitative estimate of drug-likeness (QED) is 0.447. The zero-order valence-electron chi connectivity index (χ0n) is 16.0. The van der Waals surface area contributed by atoms with Gasteiger partial charge in [-0.2, -0.15) is 5.10 Å². The summed E-state index contributed by atoms with van der Waals surface area (Å²) < 4.78 is 1.96. The molecule has 148 valence electrons. The highest BCUT2D eigenvalue weighted by Gasteiger charge is 2.18. The molecule has 0 aliphatic carbocycles. The predicted octanol–water partition coefficient (Wildman–Crippen LogP) is 4.68. The summed E-state index contributed by atoms with van der Waals surface area (Å²) in [4.78, 5) is 31.1. The summed E-state index contributed by atoms with van der Waals surface area (Å²) in [7, 11) is 0. The highest BCUT2D eigenvalue weighted by molar-refractivity contribution is 7.20. The number of thiazole rings is 1. The summed E-state index contributed by atoms with van der Waals surface area (Å²) in [6.07, 6.45) is 0. The zero-order chi connectivity index (χ0) is 20.7. The lowest BCUT2D eigenvalue weighted by Crippen LogP contribution is -2.30. The molecule has 0 radical (unpaired) electrons. The summed E-state index contributed by atoms with van der Waals surface area (Å²) in [6.45, 7) is 1.67. The molecule has 0 fully saturated rings. The fourth-order valence-electron chi connectivity index (χ4n) is 3.41. The third-order valence-electron chi connectivity index (χ3n) is 4.72. The van der Waals surface area contributed by atoms with E-state index in [0.717, 1.165) is 25.4 Å². The lowest BCUT2D eigenvalue weighted by molar-refractivity contribution is -0.117. The Morgan fingerprint density at radius 2 is 1.93 bits per heavy atom. The van der Waals surface area contributed by atoms with Crippen molar-refractivity contribution in [2.75, 3.05) is 5.32 Å². The molecule has 5 aromatic rings. The third-order valence-corrected chi connectivity index (χ3v) is 6.57. The number of hydrogen-bond acceptors (Lipinski definition) is 6. The Balaban J connectivity index is 1.53. The fourth-order valence-corrected chi connectivity index (χ4v) is 5.10. The number of carbonyl (C=O) groups excluding carboxylic acids is 1. The van der Waals surface area contributed by atoms with Crippen LogP contribution in [0.5, 0.6) is 0 Å². The van der Waals surface area contributed by atoms with Crippen molar-refractivity contribution in [1.29, 1.82) is 0 Å². The van der Waals surface area contributed by atoms with E-state index in [4.69, 9.17) is 0 Å². The van der Waals surface area contributed by atoms with Crippen LogP contribution in [0.3, 0.4) is 0 Å². The normalized spacial score (nSPS) is 11.2. The minimum Gasteiger partial charge on any atom is -0.324 e. The standard InChI is InChI=1S/C22H16N4O2S2/c1-13-23-20-21(30-13)19(17-10-5-11-29-17)25-26(22(20)28)12-18(27)24-16-9-4-7-14-6-2-3-8-15(14)16/h2-11H,12H2,1H3,(H,24,27). The molecule has 0 unspecified atom stereocenters. The maximum absolute atomic E-state index is 12.9. The smallest absolute Gasteiger partial charge is 0.294 e. The number of benzene rings is 2. The average Bonchev–Trinajstić information content (AvgIpc) is 3.40. The van der Waals surface area contributed by atoms with Gasteiger partial charge in [0.2, 0.25) is 5.91 Å². The highest BCUT2D eigenvalue weighted by Crippen LogP contribution is 2.32. The number of nitrogens with one attached hydrogen (secondary N) is 1. The number of carbonyl (C=O) groups is 1. The SMILES string of the molecule is Cc1nc2c(=O)n(CC(=O)Nc3cccc4ccccc34)nc(-c3cccs3)c2s1. The summed E-state index contributed by atoms with van der Waals surface area (Å²) in [5.74, 6) is -0.315. The van der Waals surface area contributed by atoms with E-state index in [0.29, 0.717) is 16.9 Å². The molecule has 0 saturated heterocycles. The second-order valence-corrected chi connectivity index (χ2v) is 8.93. The first kappa shape index (κ1) is 18.7. The number of fused-ring (bicyclic) bond motifs is 2. The van der Waals surface area contributed by atoms with Crippen molar-refractivity contribution in [2.45, 2.75) is 13.5 Å². The van der Waals surface area contributed by atoms with Crippen molar-refractivity contribution in [3.8, 4) is 10.6 Å². The van der Waals surface area contributed by atoms with E-state index in [-0.39, 0.29) is 18.0 Å². The van der Waals surface area contributed by atoms with Gasteiger partial charge in [-0.05, 0) is 29.8 Å². The van der Waals surface area contributed by atoms with Gasteiger partial charge in [0.05, 0.1) is 14.6 Å². The molecule has 3 heterocycles. The Bertz CT molecular complexity index is 1450. The molecule has 1 N–H and O–H groups in total. The van der Waals surface area contributed by atoms with Gasteiger partial charge in [0.1, 0.15) is 12.2 Å². The number of amides is 1. The zero-order valence-corrected chi connectivity index (χ0v) is 17.6. The van der Waals surface area contributed by atoms with Crippen molar-refractivity contribution < 1.29 is 4.79 Å². The minimum atomic E-state index is -0.359. The van der Waals surface area contributed by atoms with Gasteiger partial charge < -0.3 is 5.32 Å². The molecule has 0 aliphatic rings. The number of aromatic nitrogens is 3. The molecule has 0 spiro atoms. The Labute approximate surface area is 179 Å². The molecule has 0 aliphatic heterocycles. The van der Waals surface area contributed by atoms with Crippen LogP contribution in [0.4, 0.5) is 5.69 Å².